The van der Waals surface area contributed by atoms with Crippen molar-refractivity contribution >= 4 is 11.6 Å². The van der Waals surface area contributed by atoms with Gasteiger partial charge in [-0.05, 0) is 82.3 Å². The van der Waals surface area contributed by atoms with Gasteiger partial charge in [0, 0.05) is 23.1 Å². The van der Waals surface area contributed by atoms with Crippen molar-refractivity contribution in [1.82, 2.24) is 0 Å². The van der Waals surface area contributed by atoms with Crippen LogP contribution in [-0.4, -0.2) is 16.6 Å². The van der Waals surface area contributed by atoms with Crippen molar-refractivity contribution < 1.29 is 27.8 Å². The van der Waals surface area contributed by atoms with E-state index in [4.69, 9.17) is 4.74 Å². The van der Waals surface area contributed by atoms with E-state index in [0.29, 0.717) is 23.3 Å². The molecule has 2 unspecified atom stereocenters. The molecule has 0 radical (unpaired) electrons. The van der Waals surface area contributed by atoms with E-state index in [0.717, 1.165) is 44.2 Å². The van der Waals surface area contributed by atoms with Crippen molar-refractivity contribution in [3.63, 3.8) is 0 Å². The van der Waals surface area contributed by atoms with Crippen LogP contribution >= 0.6 is 0 Å². The molecule has 0 bridgehead atoms. The number of amides is 1. The van der Waals surface area contributed by atoms with Crippen LogP contribution in [0, 0.1) is 5.92 Å². The lowest BCUT2D eigenvalue weighted by Gasteiger charge is -2.46. The van der Waals surface area contributed by atoms with Gasteiger partial charge in [0.2, 0.25) is 0 Å². The molecule has 2 atom stereocenters. The molecule has 4 nitrogen and oxygen atoms in total. The molecular formula is C29H34F3NO3. The molecule has 2 aliphatic rings. The highest BCUT2D eigenvalue weighted by Gasteiger charge is 2.46. The third-order valence-electron chi connectivity index (χ3n) is 7.48. The number of unbranched alkanes of at least 4 members (excludes halogenated alkanes) is 2. The van der Waals surface area contributed by atoms with Gasteiger partial charge < -0.3 is 15.2 Å². The molecular weight excluding hydrogens is 467 g/mol. The Hall–Kier alpha value is -2.96. The summed E-state index contributed by atoms with van der Waals surface area (Å²) < 4.78 is 45.2. The third-order valence-corrected chi connectivity index (χ3v) is 7.48. The van der Waals surface area contributed by atoms with E-state index >= 15 is 0 Å². The van der Waals surface area contributed by atoms with E-state index in [2.05, 4.69) is 39.1 Å². The molecule has 1 amide bonds. The quantitative estimate of drug-likeness (QED) is 0.311. The van der Waals surface area contributed by atoms with Crippen LogP contribution < -0.4 is 10.1 Å². The Kier molecular flexibility index (Phi) is 7.13. The number of phenolic OH excluding ortho intramolecular Hbond substituents is 1. The second-order valence-electron chi connectivity index (χ2n) is 10.5. The molecule has 2 aromatic rings. The standard InChI is InChI=1S/C29H34F3NO3/c1-5-6-7-8-18-16-23-25(21-15-17(2)9-14-22(21)28(3,4)36-23)26(34)24(18)27(35)33-20-12-10-19(11-13-20)29(30,31)32/h10-13,15-16,21-22,34H,5-9,14H2,1-4H3,(H,33,35). The summed E-state index contributed by atoms with van der Waals surface area (Å²) in [4.78, 5) is 13.5. The second kappa shape index (κ2) is 9.83. The van der Waals surface area contributed by atoms with Crippen LogP contribution in [0.2, 0.25) is 0 Å². The summed E-state index contributed by atoms with van der Waals surface area (Å²) in [5.74, 6) is 0.0257. The Bertz CT molecular complexity index is 1170. The zero-order valence-corrected chi connectivity index (χ0v) is 21.3. The van der Waals surface area contributed by atoms with E-state index in [-0.39, 0.29) is 28.8 Å². The molecule has 36 heavy (non-hydrogen) atoms. The van der Waals surface area contributed by atoms with Gasteiger partial charge in [-0.1, -0.05) is 31.4 Å². The third kappa shape index (κ3) is 5.11. The van der Waals surface area contributed by atoms with E-state index in [1.165, 1.54) is 17.7 Å². The highest BCUT2D eigenvalue weighted by molar-refractivity contribution is 6.08. The number of benzene rings is 2. The van der Waals surface area contributed by atoms with Gasteiger partial charge in [-0.3, -0.25) is 4.79 Å². The van der Waals surface area contributed by atoms with Gasteiger partial charge in [0.25, 0.3) is 5.91 Å². The Morgan fingerprint density at radius 1 is 1.19 bits per heavy atom. The van der Waals surface area contributed by atoms with Crippen LogP contribution in [0.1, 0.15) is 92.8 Å². The normalized spacial score (nSPS) is 20.6. The fraction of sp³-hybridized carbons (Fsp3) is 0.483. The fourth-order valence-corrected chi connectivity index (χ4v) is 5.56. The molecule has 1 heterocycles. The minimum absolute atomic E-state index is 0.0835. The van der Waals surface area contributed by atoms with Gasteiger partial charge >= 0.3 is 6.18 Å². The number of ether oxygens (including phenoxy) is 1. The van der Waals surface area contributed by atoms with Crippen molar-refractivity contribution in [1.29, 1.82) is 0 Å². The fourth-order valence-electron chi connectivity index (χ4n) is 5.56. The Morgan fingerprint density at radius 3 is 2.53 bits per heavy atom. The number of phenols is 1. The van der Waals surface area contributed by atoms with E-state index in [1.54, 1.807) is 0 Å². The first-order chi connectivity index (χ1) is 16.9. The Balaban J connectivity index is 1.76. The smallest absolute Gasteiger partial charge is 0.416 e. The van der Waals surface area contributed by atoms with Gasteiger partial charge in [-0.2, -0.15) is 13.2 Å². The molecule has 0 saturated carbocycles. The van der Waals surface area contributed by atoms with E-state index < -0.39 is 23.2 Å². The first-order valence-corrected chi connectivity index (χ1v) is 12.7. The van der Waals surface area contributed by atoms with Crippen LogP contribution in [0.15, 0.2) is 42.0 Å². The molecule has 0 aromatic heterocycles. The van der Waals surface area contributed by atoms with Crippen molar-refractivity contribution in [2.24, 2.45) is 5.92 Å². The van der Waals surface area contributed by atoms with Gasteiger partial charge in [0.1, 0.15) is 17.1 Å². The average Bonchev–Trinajstić information content (AvgIpc) is 2.78. The van der Waals surface area contributed by atoms with Crippen LogP contribution in [0.5, 0.6) is 11.5 Å². The number of aromatic hydroxyl groups is 1. The lowest BCUT2D eigenvalue weighted by atomic mass is 9.67. The minimum Gasteiger partial charge on any atom is -0.507 e. The minimum atomic E-state index is -4.46. The van der Waals surface area contributed by atoms with Crippen LogP contribution in [0.4, 0.5) is 18.9 Å². The predicted octanol–water partition coefficient (Wildman–Crippen LogP) is 8.01. The number of hydrogen-bond acceptors (Lipinski definition) is 3. The van der Waals surface area contributed by atoms with Gasteiger partial charge in [0.05, 0.1) is 11.1 Å². The SMILES string of the molecule is CCCCCc1cc2c(c(O)c1C(=O)Nc1ccc(C(F)(F)F)cc1)C1C=C(C)CCC1C(C)(C)O2. The number of hydrogen-bond donors (Lipinski definition) is 2. The molecule has 0 spiro atoms. The van der Waals surface area contributed by atoms with Crippen molar-refractivity contribution in [3.05, 3.63) is 64.2 Å². The lowest BCUT2D eigenvalue weighted by molar-refractivity contribution is -0.137. The number of carbonyl (C=O) groups is 1. The molecule has 194 valence electrons. The zero-order chi connectivity index (χ0) is 26.3. The summed E-state index contributed by atoms with van der Waals surface area (Å²) in [7, 11) is 0. The Labute approximate surface area is 210 Å². The summed E-state index contributed by atoms with van der Waals surface area (Å²) in [6.07, 6.45) is 2.98. The van der Waals surface area contributed by atoms with Crippen molar-refractivity contribution in [2.75, 3.05) is 5.32 Å². The highest BCUT2D eigenvalue weighted by atomic mass is 19.4. The summed E-state index contributed by atoms with van der Waals surface area (Å²) in [6.45, 7) is 8.31. The summed E-state index contributed by atoms with van der Waals surface area (Å²) in [6, 6.07) is 6.19. The summed E-state index contributed by atoms with van der Waals surface area (Å²) in [5.41, 5.74) is 1.72. The summed E-state index contributed by atoms with van der Waals surface area (Å²) >= 11 is 0. The van der Waals surface area contributed by atoms with Gasteiger partial charge in [-0.15, -0.1) is 0 Å². The number of alkyl halides is 3. The predicted molar refractivity (Wildman–Crippen MR) is 135 cm³/mol. The number of rotatable bonds is 6. The maximum Gasteiger partial charge on any atom is 0.416 e. The molecule has 4 rings (SSSR count). The number of fused-ring (bicyclic) bond motifs is 3. The van der Waals surface area contributed by atoms with Crippen molar-refractivity contribution in [2.45, 2.75) is 83.9 Å². The number of nitrogens with one attached hydrogen (secondary N) is 1. The Morgan fingerprint density at radius 2 is 1.89 bits per heavy atom. The van der Waals surface area contributed by atoms with E-state index in [1.807, 2.05) is 6.07 Å². The first kappa shape index (κ1) is 26.1. The maximum absolute atomic E-state index is 13.5. The van der Waals surface area contributed by atoms with Crippen LogP contribution in [0.25, 0.3) is 0 Å². The molecule has 2 N–H and O–H groups in total. The lowest BCUT2D eigenvalue weighted by Crippen LogP contribution is -2.45. The zero-order valence-electron chi connectivity index (χ0n) is 21.3. The van der Waals surface area contributed by atoms with Gasteiger partial charge in [0.15, 0.2) is 0 Å². The molecule has 0 fully saturated rings. The summed E-state index contributed by atoms with van der Waals surface area (Å²) in [5, 5.41) is 14.2. The number of anilines is 1. The molecule has 2 aromatic carbocycles. The number of carbonyl (C=O) groups excluding carboxylic acids is 1. The largest absolute Gasteiger partial charge is 0.507 e. The second-order valence-corrected chi connectivity index (χ2v) is 10.5. The molecule has 1 aliphatic carbocycles. The van der Waals surface area contributed by atoms with Gasteiger partial charge in [-0.25, -0.2) is 0 Å². The molecule has 7 heteroatoms. The molecule has 1 aliphatic heterocycles. The number of allylic oxidation sites excluding steroid dienone is 2. The van der Waals surface area contributed by atoms with Crippen molar-refractivity contribution in [3.8, 4) is 11.5 Å². The number of aryl methyl sites for hydroxylation is 1. The van der Waals surface area contributed by atoms with Crippen LogP contribution in [0.3, 0.4) is 0 Å². The van der Waals surface area contributed by atoms with Crippen LogP contribution in [-0.2, 0) is 12.6 Å². The first-order valence-electron chi connectivity index (χ1n) is 12.7. The highest BCUT2D eigenvalue weighted by Crippen LogP contribution is 2.54. The average molecular weight is 502 g/mol. The number of halogens is 3. The topological polar surface area (TPSA) is 58.6 Å². The molecule has 0 saturated heterocycles. The monoisotopic (exact) mass is 501 g/mol. The van der Waals surface area contributed by atoms with E-state index in [9.17, 15) is 23.1 Å². The maximum atomic E-state index is 13.5.